The van der Waals surface area contributed by atoms with Crippen molar-refractivity contribution < 1.29 is 4.42 Å². The first-order valence-corrected chi connectivity index (χ1v) is 29.4. The Bertz CT molecular complexity index is 4730. The van der Waals surface area contributed by atoms with Gasteiger partial charge in [-0.2, -0.15) is 0 Å². The lowest BCUT2D eigenvalue weighted by Crippen LogP contribution is -2.28. The van der Waals surface area contributed by atoms with E-state index >= 15 is 0 Å². The van der Waals surface area contributed by atoms with Crippen LogP contribution >= 0.6 is 0 Å². The van der Waals surface area contributed by atoms with Crippen molar-refractivity contribution in [3.05, 3.63) is 366 Å². The van der Waals surface area contributed by atoms with Crippen LogP contribution in [0.15, 0.2) is 326 Å². The molecule has 0 atom stereocenters. The van der Waals surface area contributed by atoms with Gasteiger partial charge in [-0.05, 0) is 152 Å². The molecule has 17 rings (SSSR count). The number of fused-ring (bicyclic) bond motifs is 9. The maximum atomic E-state index is 7.37. The Labute approximate surface area is 494 Å². The number of hydrogen-bond acceptors (Lipinski definition) is 2. The van der Waals surface area contributed by atoms with Gasteiger partial charge in [0, 0.05) is 16.7 Å². The van der Waals surface area contributed by atoms with E-state index in [0.717, 1.165) is 44.5 Å². The third-order valence-electron chi connectivity index (χ3n) is 18.5. The number of benzene rings is 14. The maximum absolute atomic E-state index is 7.37. The minimum atomic E-state index is -0.567. The van der Waals surface area contributed by atoms with Crippen LogP contribution < -0.4 is 0 Å². The summed E-state index contributed by atoms with van der Waals surface area (Å²) >= 11 is 0. The molecule has 0 fully saturated rings. The molecule has 15 aromatic rings. The molecule has 0 saturated carbocycles. The molecule has 0 N–H and O–H groups in total. The molecule has 1 aromatic heterocycles. The van der Waals surface area contributed by atoms with Crippen LogP contribution in [0.1, 0.15) is 44.5 Å². The van der Waals surface area contributed by atoms with Gasteiger partial charge in [0.1, 0.15) is 5.52 Å². The van der Waals surface area contributed by atoms with E-state index < -0.39 is 10.8 Å². The molecule has 1 heterocycles. The summed E-state index contributed by atoms with van der Waals surface area (Å²) in [5.41, 5.74) is 25.2. The van der Waals surface area contributed by atoms with Crippen LogP contribution in [-0.2, 0) is 10.8 Å². The fourth-order valence-electron chi connectivity index (χ4n) is 14.9. The summed E-state index contributed by atoms with van der Waals surface area (Å²) in [7, 11) is 0. The molecule has 2 heteroatoms. The Morgan fingerprint density at radius 2 is 0.553 bits per heavy atom. The number of aromatic nitrogens is 1. The molecule has 0 bridgehead atoms. The molecule has 0 amide bonds. The molecule has 0 aliphatic heterocycles. The number of rotatable bonds is 9. The van der Waals surface area contributed by atoms with Crippen molar-refractivity contribution >= 4 is 32.6 Å². The first kappa shape index (κ1) is 48.7. The molecule has 2 nitrogen and oxygen atoms in total. The van der Waals surface area contributed by atoms with E-state index in [4.69, 9.17) is 9.40 Å². The van der Waals surface area contributed by atoms with Crippen molar-refractivity contribution in [1.82, 2.24) is 4.98 Å². The normalized spacial score (nSPS) is 13.4. The lowest BCUT2D eigenvalue weighted by molar-refractivity contribution is 0.621. The van der Waals surface area contributed by atoms with E-state index in [2.05, 4.69) is 322 Å². The van der Waals surface area contributed by atoms with Gasteiger partial charge in [-0.25, -0.2) is 4.98 Å². The highest BCUT2D eigenvalue weighted by molar-refractivity contribution is 6.21. The Morgan fingerprint density at radius 3 is 1.00 bits per heavy atom. The van der Waals surface area contributed by atoms with E-state index in [-0.39, 0.29) is 0 Å². The minimum Gasteiger partial charge on any atom is -0.435 e. The second-order valence-electron chi connectivity index (χ2n) is 22.7. The molecule has 2 aliphatic carbocycles. The van der Waals surface area contributed by atoms with Crippen molar-refractivity contribution in [2.75, 3.05) is 0 Å². The van der Waals surface area contributed by atoms with Crippen molar-refractivity contribution in [3.8, 4) is 78.2 Å². The maximum Gasteiger partial charge on any atom is 0.227 e. The predicted octanol–water partition coefficient (Wildman–Crippen LogP) is 21.2. The quantitative estimate of drug-likeness (QED) is 0.135. The van der Waals surface area contributed by atoms with Crippen LogP contribution in [0.25, 0.3) is 111 Å². The molecule has 14 aromatic carbocycles. The minimum absolute atomic E-state index is 0.565. The van der Waals surface area contributed by atoms with Crippen molar-refractivity contribution in [2.24, 2.45) is 0 Å². The highest BCUT2D eigenvalue weighted by Crippen LogP contribution is 2.59. The zero-order chi connectivity index (χ0) is 56.1. The molecule has 85 heavy (non-hydrogen) atoms. The van der Waals surface area contributed by atoms with Crippen LogP contribution in [-0.4, -0.2) is 4.98 Å². The molecule has 396 valence electrons. The summed E-state index contributed by atoms with van der Waals surface area (Å²) in [6, 6.07) is 118. The van der Waals surface area contributed by atoms with Crippen molar-refractivity contribution in [2.45, 2.75) is 10.8 Å². The van der Waals surface area contributed by atoms with E-state index in [0.29, 0.717) is 5.89 Å². The Balaban J connectivity index is 0.880. The Hall–Kier alpha value is -10.9. The number of hydrogen-bond donors (Lipinski definition) is 0. The first-order chi connectivity index (χ1) is 42.2. The van der Waals surface area contributed by atoms with E-state index in [1.807, 2.05) is 0 Å². The summed E-state index contributed by atoms with van der Waals surface area (Å²) in [6.45, 7) is 0. The first-order valence-electron chi connectivity index (χ1n) is 29.4. The van der Waals surface area contributed by atoms with Gasteiger partial charge >= 0.3 is 0 Å². The Kier molecular flexibility index (Phi) is 11.1. The van der Waals surface area contributed by atoms with Gasteiger partial charge < -0.3 is 4.42 Å². The predicted molar refractivity (Wildman–Crippen MR) is 351 cm³/mol. The van der Waals surface area contributed by atoms with Gasteiger partial charge in [-0.1, -0.05) is 291 Å². The third-order valence-corrected chi connectivity index (χ3v) is 18.5. The topological polar surface area (TPSA) is 26.0 Å². The second kappa shape index (κ2) is 19.3. The van der Waals surface area contributed by atoms with Gasteiger partial charge in [0.2, 0.25) is 5.89 Å². The summed E-state index contributed by atoms with van der Waals surface area (Å²) in [6.07, 6.45) is 0. The van der Waals surface area contributed by atoms with E-state index in [1.54, 1.807) is 0 Å². The van der Waals surface area contributed by atoms with Crippen LogP contribution in [0, 0.1) is 0 Å². The number of oxazole rings is 1. The summed E-state index contributed by atoms with van der Waals surface area (Å²) in [5.74, 6) is 0.567. The van der Waals surface area contributed by atoms with Crippen LogP contribution in [0.5, 0.6) is 0 Å². The highest BCUT2D eigenvalue weighted by Gasteiger charge is 2.48. The third kappa shape index (κ3) is 7.22. The summed E-state index contributed by atoms with van der Waals surface area (Å²) in [4.78, 5) is 5.64. The van der Waals surface area contributed by atoms with Gasteiger partial charge in [0.15, 0.2) is 5.58 Å². The summed E-state index contributed by atoms with van der Waals surface area (Å²) < 4.78 is 7.37. The molecular weight excluding hydrogens is 1030 g/mol. The average Bonchev–Trinajstić information content (AvgIpc) is 1.84. The smallest absolute Gasteiger partial charge is 0.227 e. The zero-order valence-corrected chi connectivity index (χ0v) is 46.5. The lowest BCUT2D eigenvalue weighted by atomic mass is 9.67. The average molecular weight is 1080 g/mol. The summed E-state index contributed by atoms with van der Waals surface area (Å²) in [5, 5.41) is 4.88. The van der Waals surface area contributed by atoms with Crippen molar-refractivity contribution in [3.63, 3.8) is 0 Å². The van der Waals surface area contributed by atoms with Crippen LogP contribution in [0.3, 0.4) is 0 Å². The van der Waals surface area contributed by atoms with Gasteiger partial charge in [0.05, 0.1) is 10.8 Å². The molecule has 2 aliphatic rings. The van der Waals surface area contributed by atoms with E-state index in [9.17, 15) is 0 Å². The standard InChI is InChI=1S/C83H53NO/c1-6-24-54(25-7-1)77-69-36-16-18-38-71(69)78(72-39-19-17-37-70(72)77)55-42-44-56(45-43-55)81-84-79-63(57-46-48-67-65-34-20-22-40-73(65)82(75(67)52-57,59-26-8-2-9-27-59)60-28-10-3-11-29-60)50-51-64(80(79)85-81)58-47-49-68-66-35-21-23-41-74(66)83(76(68)53-58,61-30-12-4-13-31-61)62-32-14-5-15-33-62/h1-53H. The van der Waals surface area contributed by atoms with E-state index in [1.165, 1.54) is 105 Å². The lowest BCUT2D eigenvalue weighted by Gasteiger charge is -2.34. The largest absolute Gasteiger partial charge is 0.435 e. The number of nitrogens with zero attached hydrogens (tertiary/aromatic N) is 1. The molecule has 0 radical (unpaired) electrons. The Morgan fingerprint density at radius 1 is 0.235 bits per heavy atom. The van der Waals surface area contributed by atoms with Gasteiger partial charge in [-0.15, -0.1) is 0 Å². The fourth-order valence-corrected chi connectivity index (χ4v) is 14.9. The van der Waals surface area contributed by atoms with Crippen molar-refractivity contribution in [1.29, 1.82) is 0 Å². The molecular formula is C83H53NO. The van der Waals surface area contributed by atoms with Gasteiger partial charge in [-0.3, -0.25) is 0 Å². The van der Waals surface area contributed by atoms with Crippen LogP contribution in [0.2, 0.25) is 0 Å². The van der Waals surface area contributed by atoms with Crippen LogP contribution in [0.4, 0.5) is 0 Å². The molecule has 0 unspecified atom stereocenters. The molecule has 0 saturated heterocycles. The molecule has 0 spiro atoms. The zero-order valence-electron chi connectivity index (χ0n) is 46.5. The second-order valence-corrected chi connectivity index (χ2v) is 22.7. The monoisotopic (exact) mass is 1080 g/mol. The van der Waals surface area contributed by atoms with Gasteiger partial charge in [0.25, 0.3) is 0 Å². The SMILES string of the molecule is c1ccc(-c2c3ccccc3c(-c3ccc(-c4nc5c(-c6ccc7c(c6)C(c6ccccc6)(c6ccccc6)c6ccccc6-7)ccc(-c6ccc7c(c6)C(c6ccccc6)(c6ccccc6)c6ccccc6-7)c5o4)cc3)c3ccccc23)cc1. The fraction of sp³-hybridized carbons (Fsp3) is 0.0241. The highest BCUT2D eigenvalue weighted by atomic mass is 16.3.